The van der Waals surface area contributed by atoms with Gasteiger partial charge in [-0.05, 0) is 13.8 Å². The topological polar surface area (TPSA) is 46.9 Å². The molecule has 1 aromatic rings. The van der Waals surface area contributed by atoms with E-state index in [2.05, 4.69) is 4.98 Å². The summed E-state index contributed by atoms with van der Waals surface area (Å²) in [5, 5.41) is 1.98. The molecule has 90 valence electrons. The van der Waals surface area contributed by atoms with Gasteiger partial charge in [-0.15, -0.1) is 0 Å². The molecule has 0 saturated heterocycles. The third-order valence-electron chi connectivity index (χ3n) is 1.88. The summed E-state index contributed by atoms with van der Waals surface area (Å²) < 4.78 is 37.1. The quantitative estimate of drug-likeness (QED) is 0.868. The van der Waals surface area contributed by atoms with E-state index in [0.717, 1.165) is 0 Å². The van der Waals surface area contributed by atoms with Crippen molar-refractivity contribution >= 4 is 5.82 Å². The first-order valence-corrected chi connectivity index (χ1v) is 4.69. The highest BCUT2D eigenvalue weighted by Gasteiger charge is 2.27. The van der Waals surface area contributed by atoms with Crippen molar-refractivity contribution in [1.29, 1.82) is 0 Å². The van der Waals surface area contributed by atoms with E-state index in [1.165, 1.54) is 17.0 Å². The fourth-order valence-electron chi connectivity index (χ4n) is 1.14. The first kappa shape index (κ1) is 12.5. The van der Waals surface area contributed by atoms with Crippen molar-refractivity contribution in [2.24, 2.45) is 0 Å². The van der Waals surface area contributed by atoms with Gasteiger partial charge in [-0.1, -0.05) is 0 Å². The van der Waals surface area contributed by atoms with E-state index in [9.17, 15) is 18.0 Å². The van der Waals surface area contributed by atoms with Crippen LogP contribution in [0.5, 0.6) is 0 Å². The van der Waals surface area contributed by atoms with Crippen LogP contribution < -0.4 is 10.9 Å². The van der Waals surface area contributed by atoms with Crippen LogP contribution in [0.3, 0.4) is 0 Å². The van der Waals surface area contributed by atoms with Gasteiger partial charge in [0.05, 0.1) is 0 Å². The third kappa shape index (κ3) is 3.25. The molecule has 16 heavy (non-hydrogen) atoms. The van der Waals surface area contributed by atoms with E-state index in [0.29, 0.717) is 0 Å². The van der Waals surface area contributed by atoms with Crippen molar-refractivity contribution in [3.8, 4) is 0 Å². The van der Waals surface area contributed by atoms with Gasteiger partial charge in [-0.3, -0.25) is 4.79 Å². The lowest BCUT2D eigenvalue weighted by Crippen LogP contribution is -2.29. The minimum atomic E-state index is -4.37. The van der Waals surface area contributed by atoms with Crippen molar-refractivity contribution < 1.29 is 13.2 Å². The zero-order valence-electron chi connectivity index (χ0n) is 8.88. The lowest BCUT2D eigenvalue weighted by atomic mass is 10.4. The van der Waals surface area contributed by atoms with Gasteiger partial charge in [0, 0.05) is 18.4 Å². The van der Waals surface area contributed by atoms with Crippen LogP contribution in [-0.2, 0) is 0 Å². The summed E-state index contributed by atoms with van der Waals surface area (Å²) in [4.78, 5) is 15.2. The van der Waals surface area contributed by atoms with Crippen molar-refractivity contribution in [3.63, 3.8) is 0 Å². The number of hydrogen-bond donors (Lipinski definition) is 1. The minimum absolute atomic E-state index is 0.123. The van der Waals surface area contributed by atoms with E-state index in [1.54, 1.807) is 13.8 Å². The second kappa shape index (κ2) is 4.54. The van der Waals surface area contributed by atoms with Crippen molar-refractivity contribution in [3.05, 3.63) is 22.7 Å². The predicted molar refractivity (Wildman–Crippen MR) is 53.4 cm³/mol. The van der Waals surface area contributed by atoms with Crippen molar-refractivity contribution in [2.45, 2.75) is 26.1 Å². The molecular weight excluding hydrogens is 223 g/mol. The minimum Gasteiger partial charge on any atom is -0.357 e. The molecule has 0 spiro atoms. The highest BCUT2D eigenvalue weighted by atomic mass is 19.4. The monoisotopic (exact) mass is 235 g/mol. The van der Waals surface area contributed by atoms with Gasteiger partial charge in [0.25, 0.3) is 5.56 Å². The molecule has 0 aliphatic heterocycles. The third-order valence-corrected chi connectivity index (χ3v) is 1.88. The maximum absolute atomic E-state index is 11.9. The molecule has 1 rings (SSSR count). The molecule has 7 heteroatoms. The molecule has 0 atom stereocenters. The van der Waals surface area contributed by atoms with Crippen LogP contribution in [0.15, 0.2) is 17.2 Å². The number of nitrogens with zero attached hydrogens (tertiary/aromatic N) is 2. The van der Waals surface area contributed by atoms with E-state index in [4.69, 9.17) is 0 Å². The molecule has 4 nitrogen and oxygen atoms in total. The first-order chi connectivity index (χ1) is 7.31. The summed E-state index contributed by atoms with van der Waals surface area (Å²) in [7, 11) is 0. The van der Waals surface area contributed by atoms with Crippen LogP contribution >= 0.6 is 0 Å². The van der Waals surface area contributed by atoms with Crippen molar-refractivity contribution in [1.82, 2.24) is 9.55 Å². The summed E-state index contributed by atoms with van der Waals surface area (Å²) in [6.45, 7) is 2.25. The number of nitrogens with one attached hydrogen (secondary N) is 1. The highest BCUT2D eigenvalue weighted by molar-refractivity contribution is 5.31. The molecule has 0 aliphatic rings. The Kier molecular flexibility index (Phi) is 3.56. The molecule has 0 radical (unpaired) electrons. The summed E-state index contributed by atoms with van der Waals surface area (Å²) in [5.74, 6) is -0.284. The van der Waals surface area contributed by atoms with Crippen LogP contribution in [0.4, 0.5) is 19.0 Å². The van der Waals surface area contributed by atoms with Gasteiger partial charge in [0.2, 0.25) is 0 Å². The Morgan fingerprint density at radius 1 is 1.50 bits per heavy atom. The maximum atomic E-state index is 11.9. The molecule has 0 fully saturated rings. The van der Waals surface area contributed by atoms with Gasteiger partial charge in [0.1, 0.15) is 6.54 Å². The smallest absolute Gasteiger partial charge is 0.357 e. The van der Waals surface area contributed by atoms with E-state index >= 15 is 0 Å². The largest absolute Gasteiger partial charge is 0.405 e. The van der Waals surface area contributed by atoms with Crippen LogP contribution in [0.1, 0.15) is 19.9 Å². The van der Waals surface area contributed by atoms with Gasteiger partial charge in [-0.2, -0.15) is 13.2 Å². The number of aromatic nitrogens is 2. The summed E-state index contributed by atoms with van der Waals surface area (Å²) >= 11 is 0. The number of anilines is 1. The van der Waals surface area contributed by atoms with Gasteiger partial charge in [0.15, 0.2) is 5.82 Å². The van der Waals surface area contributed by atoms with E-state index < -0.39 is 18.3 Å². The Labute approximate surface area is 90.1 Å². The number of rotatable bonds is 3. The molecule has 1 N–H and O–H groups in total. The molecular formula is C9H12F3N3O. The summed E-state index contributed by atoms with van der Waals surface area (Å²) in [6, 6.07) is -0.123. The zero-order chi connectivity index (χ0) is 12.3. The van der Waals surface area contributed by atoms with Crippen LogP contribution in [0.2, 0.25) is 0 Å². The highest BCUT2D eigenvalue weighted by Crippen LogP contribution is 2.14. The molecule has 0 unspecified atom stereocenters. The number of hydrogen-bond acceptors (Lipinski definition) is 3. The Morgan fingerprint density at radius 3 is 2.62 bits per heavy atom. The van der Waals surface area contributed by atoms with Gasteiger partial charge in [-0.25, -0.2) is 4.98 Å². The average molecular weight is 235 g/mol. The molecule has 0 bridgehead atoms. The lowest BCUT2D eigenvalue weighted by Gasteiger charge is -2.12. The van der Waals surface area contributed by atoms with E-state index in [1.807, 2.05) is 5.32 Å². The lowest BCUT2D eigenvalue weighted by molar-refractivity contribution is -0.115. The maximum Gasteiger partial charge on any atom is 0.405 e. The normalized spacial score (nSPS) is 11.9. The SMILES string of the molecule is CC(C)n1ccnc(NCC(F)(F)F)c1=O. The molecule has 0 aliphatic carbocycles. The summed E-state index contributed by atoms with van der Waals surface area (Å²) in [5.41, 5.74) is -0.554. The summed E-state index contributed by atoms with van der Waals surface area (Å²) in [6.07, 6.45) is -1.64. The van der Waals surface area contributed by atoms with E-state index in [-0.39, 0.29) is 11.9 Å². The fourth-order valence-corrected chi connectivity index (χ4v) is 1.14. The van der Waals surface area contributed by atoms with Crippen molar-refractivity contribution in [2.75, 3.05) is 11.9 Å². The van der Waals surface area contributed by atoms with Crippen LogP contribution in [0.25, 0.3) is 0 Å². The molecule has 0 aromatic carbocycles. The molecule has 0 saturated carbocycles. The zero-order valence-corrected chi connectivity index (χ0v) is 8.88. The Bertz CT molecular complexity index is 411. The Hall–Kier alpha value is -1.53. The second-order valence-electron chi connectivity index (χ2n) is 3.55. The molecule has 0 amide bonds. The Morgan fingerprint density at radius 2 is 2.12 bits per heavy atom. The first-order valence-electron chi connectivity index (χ1n) is 4.69. The Balaban J connectivity index is 2.90. The van der Waals surface area contributed by atoms with Crippen LogP contribution in [-0.4, -0.2) is 22.3 Å². The molecule has 1 aromatic heterocycles. The average Bonchev–Trinajstić information content (AvgIpc) is 2.14. The standard InChI is InChI=1S/C9H12F3N3O/c1-6(2)15-4-3-13-7(8(15)16)14-5-9(10,11)12/h3-4,6H,5H2,1-2H3,(H,13,14). The van der Waals surface area contributed by atoms with Gasteiger partial charge >= 0.3 is 6.18 Å². The number of halogens is 3. The number of alkyl halides is 3. The second-order valence-corrected chi connectivity index (χ2v) is 3.55. The van der Waals surface area contributed by atoms with Gasteiger partial charge < -0.3 is 9.88 Å². The molecule has 1 heterocycles. The fraction of sp³-hybridized carbons (Fsp3) is 0.556. The predicted octanol–water partition coefficient (Wildman–Crippen LogP) is 1.80. The van der Waals surface area contributed by atoms with Crippen LogP contribution in [0, 0.1) is 0 Å².